The lowest BCUT2D eigenvalue weighted by Crippen LogP contribution is -2.10. The van der Waals surface area contributed by atoms with Gasteiger partial charge in [-0.1, -0.05) is 104 Å². The minimum absolute atomic E-state index is 0. The molecule has 0 saturated heterocycles. The molecule has 1 rings (SSSR count). The molecule has 2 unspecified atom stereocenters. The van der Waals surface area contributed by atoms with Gasteiger partial charge in [0.1, 0.15) is 0 Å². The van der Waals surface area contributed by atoms with Gasteiger partial charge in [0.25, 0.3) is 0 Å². The molecule has 2 atom stereocenters. The Morgan fingerprint density at radius 2 is 1.62 bits per heavy atom. The number of hydrogen-bond acceptors (Lipinski definition) is 0. The van der Waals surface area contributed by atoms with E-state index in [0.717, 1.165) is 17.4 Å². The standard InChI is InChI=1S/C12H26.C11H14.CH4/c1-5-8-10-12(7-3)11(4)9-6-2;1-8(2)11-6-5-9(3)10(4)7-11;/h11-12H,5-10H2,1-4H3;5-7H,1H2,2-4H3;1H4. The van der Waals surface area contributed by atoms with Crippen molar-refractivity contribution in [3.8, 4) is 0 Å². The van der Waals surface area contributed by atoms with Crippen molar-refractivity contribution in [3.05, 3.63) is 41.5 Å². The molecule has 0 aliphatic heterocycles. The second kappa shape index (κ2) is 14.3. The van der Waals surface area contributed by atoms with Gasteiger partial charge in [-0.25, -0.2) is 0 Å². The molecule has 0 N–H and O–H groups in total. The van der Waals surface area contributed by atoms with E-state index in [-0.39, 0.29) is 7.43 Å². The first-order valence-corrected chi connectivity index (χ1v) is 9.60. The third kappa shape index (κ3) is 9.96. The van der Waals surface area contributed by atoms with Crippen molar-refractivity contribution in [3.63, 3.8) is 0 Å². The highest BCUT2D eigenvalue weighted by atomic mass is 14.2. The summed E-state index contributed by atoms with van der Waals surface area (Å²) in [6.45, 7) is 19.5. The summed E-state index contributed by atoms with van der Waals surface area (Å²) in [4.78, 5) is 0. The van der Waals surface area contributed by atoms with Crippen molar-refractivity contribution in [1.82, 2.24) is 0 Å². The largest absolute Gasteiger partial charge is 0.0955 e. The molecule has 0 heteroatoms. The minimum atomic E-state index is 0. The quantitative estimate of drug-likeness (QED) is 0.447. The molecule has 0 aliphatic rings. The SMILES string of the molecule is C.C=C(C)c1ccc(C)c(C)c1.CCCCC(CC)C(C)CCC. The van der Waals surface area contributed by atoms with Crippen LogP contribution >= 0.6 is 0 Å². The predicted octanol–water partition coefficient (Wildman–Crippen LogP) is 8.61. The van der Waals surface area contributed by atoms with Gasteiger partial charge in [0.05, 0.1) is 0 Å². The lowest BCUT2D eigenvalue weighted by Gasteiger charge is -2.21. The van der Waals surface area contributed by atoms with Crippen LogP contribution < -0.4 is 0 Å². The van der Waals surface area contributed by atoms with Crippen molar-refractivity contribution >= 4 is 5.57 Å². The number of hydrogen-bond donors (Lipinski definition) is 0. The Hall–Kier alpha value is -1.04. The number of rotatable bonds is 8. The summed E-state index contributed by atoms with van der Waals surface area (Å²) >= 11 is 0. The van der Waals surface area contributed by atoms with Gasteiger partial charge in [0.2, 0.25) is 0 Å². The third-order valence-corrected chi connectivity index (χ3v) is 5.00. The lowest BCUT2D eigenvalue weighted by atomic mass is 9.84. The first kappa shape index (κ1) is 25.2. The highest BCUT2D eigenvalue weighted by Gasteiger charge is 2.13. The Balaban J connectivity index is 0. The van der Waals surface area contributed by atoms with Crippen LogP contribution in [0.2, 0.25) is 0 Å². The maximum atomic E-state index is 3.90. The highest BCUT2D eigenvalue weighted by molar-refractivity contribution is 5.62. The highest BCUT2D eigenvalue weighted by Crippen LogP contribution is 2.25. The summed E-state index contributed by atoms with van der Waals surface area (Å²) in [5, 5.41) is 0. The van der Waals surface area contributed by atoms with Crippen molar-refractivity contribution in [2.45, 2.75) is 94.4 Å². The molecule has 0 radical (unpaired) electrons. The van der Waals surface area contributed by atoms with Crippen LogP contribution in [0.15, 0.2) is 24.8 Å². The fourth-order valence-electron chi connectivity index (χ4n) is 3.06. The number of unbranched alkanes of at least 4 members (excludes halogenated alkanes) is 1. The van der Waals surface area contributed by atoms with Crippen LogP contribution in [0.4, 0.5) is 0 Å². The molecule has 0 nitrogen and oxygen atoms in total. The van der Waals surface area contributed by atoms with Crippen LogP contribution in [-0.2, 0) is 0 Å². The van der Waals surface area contributed by atoms with E-state index in [1.807, 2.05) is 6.92 Å². The molecule has 0 saturated carbocycles. The van der Waals surface area contributed by atoms with Gasteiger partial charge in [-0.15, -0.1) is 0 Å². The van der Waals surface area contributed by atoms with Gasteiger partial charge in [0.15, 0.2) is 0 Å². The van der Waals surface area contributed by atoms with Crippen LogP contribution in [0, 0.1) is 25.7 Å². The molecule has 0 bridgehead atoms. The average Bonchev–Trinajstić information content (AvgIpc) is 2.51. The van der Waals surface area contributed by atoms with Gasteiger partial charge < -0.3 is 0 Å². The van der Waals surface area contributed by atoms with Gasteiger partial charge in [-0.2, -0.15) is 0 Å². The number of benzene rings is 1. The maximum absolute atomic E-state index is 3.90. The first-order valence-electron chi connectivity index (χ1n) is 9.60. The molecule has 0 amide bonds. The molecule has 0 heterocycles. The summed E-state index contributed by atoms with van der Waals surface area (Å²) in [5.74, 6) is 1.94. The van der Waals surface area contributed by atoms with E-state index in [2.05, 4.69) is 66.3 Å². The van der Waals surface area contributed by atoms with Crippen molar-refractivity contribution in [1.29, 1.82) is 0 Å². The molecule has 0 aromatic heterocycles. The van der Waals surface area contributed by atoms with E-state index in [4.69, 9.17) is 0 Å². The van der Waals surface area contributed by atoms with Gasteiger partial charge in [0, 0.05) is 0 Å². The van der Waals surface area contributed by atoms with E-state index >= 15 is 0 Å². The lowest BCUT2D eigenvalue weighted by molar-refractivity contribution is 0.300. The van der Waals surface area contributed by atoms with E-state index in [1.165, 1.54) is 55.2 Å². The first-order chi connectivity index (χ1) is 10.9. The fourth-order valence-corrected chi connectivity index (χ4v) is 3.06. The Morgan fingerprint density at radius 1 is 1.00 bits per heavy atom. The van der Waals surface area contributed by atoms with E-state index in [9.17, 15) is 0 Å². The Bertz CT molecular complexity index is 441. The van der Waals surface area contributed by atoms with Crippen molar-refractivity contribution in [2.24, 2.45) is 11.8 Å². The molecule has 0 aliphatic carbocycles. The van der Waals surface area contributed by atoms with E-state index in [0.29, 0.717) is 0 Å². The maximum Gasteiger partial charge on any atom is -0.0230 e. The molecule has 140 valence electrons. The molecule has 24 heavy (non-hydrogen) atoms. The van der Waals surface area contributed by atoms with E-state index < -0.39 is 0 Å². The molecule has 1 aromatic carbocycles. The molecule has 0 fully saturated rings. The van der Waals surface area contributed by atoms with Gasteiger partial charge in [-0.05, 0) is 49.3 Å². The van der Waals surface area contributed by atoms with Gasteiger partial charge >= 0.3 is 0 Å². The Morgan fingerprint density at radius 3 is 2.04 bits per heavy atom. The summed E-state index contributed by atoms with van der Waals surface area (Å²) < 4.78 is 0. The minimum Gasteiger partial charge on any atom is -0.0955 e. The zero-order chi connectivity index (χ0) is 17.8. The molecular formula is C24H44. The fraction of sp³-hybridized carbons (Fsp3) is 0.667. The Labute approximate surface area is 153 Å². The van der Waals surface area contributed by atoms with Crippen LogP contribution in [0.5, 0.6) is 0 Å². The second-order valence-electron chi connectivity index (χ2n) is 7.16. The van der Waals surface area contributed by atoms with Gasteiger partial charge in [-0.3, -0.25) is 0 Å². The zero-order valence-electron chi connectivity index (χ0n) is 16.8. The second-order valence-corrected chi connectivity index (χ2v) is 7.16. The third-order valence-electron chi connectivity index (χ3n) is 5.00. The normalized spacial score (nSPS) is 12.5. The summed E-state index contributed by atoms with van der Waals surface area (Å²) in [6, 6.07) is 6.43. The van der Waals surface area contributed by atoms with Crippen LogP contribution in [0.3, 0.4) is 0 Å². The smallest absolute Gasteiger partial charge is 0.0230 e. The number of aryl methyl sites for hydroxylation is 2. The monoisotopic (exact) mass is 332 g/mol. The predicted molar refractivity (Wildman–Crippen MR) is 115 cm³/mol. The summed E-state index contributed by atoms with van der Waals surface area (Å²) in [6.07, 6.45) is 8.38. The van der Waals surface area contributed by atoms with Crippen LogP contribution in [0.1, 0.15) is 97.3 Å². The number of allylic oxidation sites excluding steroid dienone is 1. The topological polar surface area (TPSA) is 0 Å². The molecular weight excluding hydrogens is 288 g/mol. The Kier molecular flexibility index (Phi) is 15.0. The summed E-state index contributed by atoms with van der Waals surface area (Å²) in [7, 11) is 0. The van der Waals surface area contributed by atoms with Crippen LogP contribution in [-0.4, -0.2) is 0 Å². The van der Waals surface area contributed by atoms with Crippen molar-refractivity contribution < 1.29 is 0 Å². The summed E-state index contributed by atoms with van der Waals surface area (Å²) in [5.41, 5.74) is 5.06. The zero-order valence-corrected chi connectivity index (χ0v) is 16.8. The average molecular weight is 333 g/mol. The molecule has 1 aromatic rings. The van der Waals surface area contributed by atoms with Crippen molar-refractivity contribution in [2.75, 3.05) is 0 Å². The van der Waals surface area contributed by atoms with E-state index in [1.54, 1.807) is 0 Å². The van der Waals surface area contributed by atoms with Crippen LogP contribution in [0.25, 0.3) is 5.57 Å². The molecule has 0 spiro atoms.